The molecule has 1 rings (SSSR count). The number of aryl methyl sites for hydroxylation is 1. The molecule has 0 unspecified atom stereocenters. The minimum Gasteiger partial charge on any atom is -0.370 e. The van der Waals surface area contributed by atoms with Crippen LogP contribution in [0.3, 0.4) is 0 Å². The smallest absolute Gasteiger partial charge is 0.237 e. The van der Waals surface area contributed by atoms with E-state index in [4.69, 9.17) is 0 Å². The van der Waals surface area contributed by atoms with Gasteiger partial charge in [-0.15, -0.1) is 0 Å². The maximum Gasteiger partial charge on any atom is 0.237 e. The van der Waals surface area contributed by atoms with Crippen LogP contribution >= 0.6 is 0 Å². The molecule has 1 aromatic heterocycles. The van der Waals surface area contributed by atoms with Gasteiger partial charge in [0.15, 0.2) is 0 Å². The van der Waals surface area contributed by atoms with Gasteiger partial charge < -0.3 is 10.6 Å². The quantitative estimate of drug-likeness (QED) is 0.597. The zero-order valence-electron chi connectivity index (χ0n) is 12.5. The average Bonchev–Trinajstić information content (AvgIpc) is 2.38. The molecule has 0 aliphatic carbocycles. The Morgan fingerprint density at radius 2 is 2.05 bits per heavy atom. The number of nitrogens with zero attached hydrogens (tertiary/aromatic N) is 1. The summed E-state index contributed by atoms with van der Waals surface area (Å²) in [6.45, 7) is 4.61. The first-order chi connectivity index (χ1) is 9.78. The molecule has 118 valence electrons. The van der Waals surface area contributed by atoms with Gasteiger partial charge in [-0.05, 0) is 31.9 Å². The summed E-state index contributed by atoms with van der Waals surface area (Å²) >= 11 is 0. The third kappa shape index (κ3) is 7.62. The Bertz CT molecular complexity index is 557. The summed E-state index contributed by atoms with van der Waals surface area (Å²) in [4.78, 5) is 15.8. The molecule has 7 nitrogen and oxygen atoms in total. The van der Waals surface area contributed by atoms with E-state index in [1.807, 2.05) is 19.1 Å². The van der Waals surface area contributed by atoms with Crippen molar-refractivity contribution in [3.05, 3.63) is 23.9 Å². The van der Waals surface area contributed by atoms with Crippen molar-refractivity contribution in [2.24, 2.45) is 0 Å². The number of aromatic nitrogens is 1. The van der Waals surface area contributed by atoms with E-state index in [0.717, 1.165) is 17.6 Å². The molecule has 0 radical (unpaired) electrons. The summed E-state index contributed by atoms with van der Waals surface area (Å²) in [7, 11) is -3.37. The summed E-state index contributed by atoms with van der Waals surface area (Å²) < 4.78 is 24.2. The van der Waals surface area contributed by atoms with Crippen LogP contribution in [0.4, 0.5) is 5.82 Å². The number of carbonyl (C=O) groups excluding carboxylic acids is 1. The highest BCUT2D eigenvalue weighted by Crippen LogP contribution is 2.03. The van der Waals surface area contributed by atoms with Crippen LogP contribution in [0, 0.1) is 6.92 Å². The lowest BCUT2D eigenvalue weighted by molar-refractivity contribution is -0.122. The molecule has 1 amide bonds. The van der Waals surface area contributed by atoms with Crippen molar-refractivity contribution in [2.75, 3.05) is 24.7 Å². The summed E-state index contributed by atoms with van der Waals surface area (Å²) in [5, 5.41) is 5.81. The number of hydrogen-bond donors (Lipinski definition) is 3. The molecule has 21 heavy (non-hydrogen) atoms. The Morgan fingerprint density at radius 1 is 1.33 bits per heavy atom. The van der Waals surface area contributed by atoms with Crippen molar-refractivity contribution in [1.82, 2.24) is 15.0 Å². The molecule has 0 fully saturated rings. The highest BCUT2D eigenvalue weighted by molar-refractivity contribution is 7.88. The number of rotatable bonds is 8. The maximum absolute atomic E-state index is 11.6. The molecule has 1 heterocycles. The fourth-order valence-corrected chi connectivity index (χ4v) is 2.37. The van der Waals surface area contributed by atoms with Gasteiger partial charge in [0.2, 0.25) is 15.9 Å². The first-order valence-corrected chi connectivity index (χ1v) is 8.58. The molecule has 0 saturated heterocycles. The molecule has 3 N–H and O–H groups in total. The minimum atomic E-state index is -3.37. The van der Waals surface area contributed by atoms with Gasteiger partial charge in [-0.2, -0.15) is 0 Å². The highest BCUT2D eigenvalue weighted by atomic mass is 32.2. The average molecular weight is 314 g/mol. The lowest BCUT2D eigenvalue weighted by Crippen LogP contribution is -2.44. The van der Waals surface area contributed by atoms with E-state index in [1.54, 1.807) is 6.20 Å². The number of carbonyl (C=O) groups is 1. The van der Waals surface area contributed by atoms with Crippen LogP contribution < -0.4 is 15.4 Å². The largest absolute Gasteiger partial charge is 0.370 e. The normalized spacial score (nSPS) is 12.7. The molecule has 1 aromatic rings. The topological polar surface area (TPSA) is 100 Å². The second-order valence-electron chi connectivity index (χ2n) is 4.90. The second-order valence-corrected chi connectivity index (χ2v) is 6.68. The van der Waals surface area contributed by atoms with Gasteiger partial charge in [0.1, 0.15) is 5.82 Å². The van der Waals surface area contributed by atoms with Gasteiger partial charge in [0, 0.05) is 19.3 Å². The third-order valence-electron chi connectivity index (χ3n) is 2.65. The summed E-state index contributed by atoms with van der Waals surface area (Å²) in [6.07, 6.45) is 3.52. The number of anilines is 1. The highest BCUT2D eigenvalue weighted by Gasteiger charge is 2.15. The predicted molar refractivity (Wildman–Crippen MR) is 82.5 cm³/mol. The van der Waals surface area contributed by atoms with Gasteiger partial charge in [-0.3, -0.25) is 4.79 Å². The summed E-state index contributed by atoms with van der Waals surface area (Å²) in [5.74, 6) is 0.452. The number of sulfonamides is 1. The van der Waals surface area contributed by atoms with Gasteiger partial charge in [0.05, 0.1) is 12.3 Å². The van der Waals surface area contributed by atoms with E-state index in [9.17, 15) is 13.2 Å². The van der Waals surface area contributed by atoms with E-state index in [0.29, 0.717) is 19.5 Å². The fourth-order valence-electron chi connectivity index (χ4n) is 1.62. The van der Waals surface area contributed by atoms with Crippen LogP contribution in [0.1, 0.15) is 18.9 Å². The Hall–Kier alpha value is -1.67. The fraction of sp³-hybridized carbons (Fsp3) is 0.538. The Kier molecular flexibility index (Phi) is 6.57. The molecule has 0 aliphatic rings. The van der Waals surface area contributed by atoms with Crippen molar-refractivity contribution in [3.63, 3.8) is 0 Å². The summed E-state index contributed by atoms with van der Waals surface area (Å²) in [5.41, 5.74) is 1.10. The molecular formula is C13H22N4O3S. The number of nitrogens with one attached hydrogen (secondary N) is 3. The van der Waals surface area contributed by atoms with Crippen molar-refractivity contribution in [2.45, 2.75) is 26.3 Å². The van der Waals surface area contributed by atoms with E-state index < -0.39 is 16.1 Å². The maximum atomic E-state index is 11.6. The molecule has 0 aliphatic heterocycles. The van der Waals surface area contributed by atoms with Crippen molar-refractivity contribution < 1.29 is 13.2 Å². The number of pyridine rings is 1. The van der Waals surface area contributed by atoms with Crippen LogP contribution in [0.5, 0.6) is 0 Å². The van der Waals surface area contributed by atoms with Crippen LogP contribution in [-0.2, 0) is 14.8 Å². The first kappa shape index (κ1) is 17.4. The third-order valence-corrected chi connectivity index (χ3v) is 3.44. The van der Waals surface area contributed by atoms with Gasteiger partial charge in [0.25, 0.3) is 0 Å². The minimum absolute atomic E-state index is 0.339. The van der Waals surface area contributed by atoms with Gasteiger partial charge in [-0.25, -0.2) is 18.1 Å². The van der Waals surface area contributed by atoms with Gasteiger partial charge in [-0.1, -0.05) is 6.07 Å². The van der Waals surface area contributed by atoms with Crippen LogP contribution in [0.15, 0.2) is 18.3 Å². The molecular weight excluding hydrogens is 292 g/mol. The van der Waals surface area contributed by atoms with Crippen molar-refractivity contribution in [1.29, 1.82) is 0 Å². The lowest BCUT2D eigenvalue weighted by atomic mass is 10.3. The molecule has 1 atom stereocenters. The zero-order chi connectivity index (χ0) is 15.9. The zero-order valence-corrected chi connectivity index (χ0v) is 13.3. The Labute approximate surface area is 125 Å². The Balaban J connectivity index is 2.19. The van der Waals surface area contributed by atoms with E-state index in [2.05, 4.69) is 20.3 Å². The van der Waals surface area contributed by atoms with E-state index >= 15 is 0 Å². The Morgan fingerprint density at radius 3 is 2.62 bits per heavy atom. The molecule has 0 aromatic carbocycles. The SMILES string of the molecule is Cc1ccc(NCCCNC(=O)[C@H](C)NS(C)(=O)=O)nc1. The molecule has 8 heteroatoms. The van der Waals surface area contributed by atoms with Crippen LogP contribution in [0.2, 0.25) is 0 Å². The molecule has 0 spiro atoms. The number of amides is 1. The van der Waals surface area contributed by atoms with E-state index in [-0.39, 0.29) is 5.91 Å². The number of hydrogen-bond acceptors (Lipinski definition) is 5. The standard InChI is InChI=1S/C13H22N4O3S/c1-10-5-6-12(16-9-10)14-7-4-8-15-13(18)11(2)17-21(3,19)20/h5-6,9,11,17H,4,7-8H2,1-3H3,(H,14,16)(H,15,18)/t11-/m0/s1. The summed E-state index contributed by atoms with van der Waals surface area (Å²) in [6, 6.07) is 3.09. The second kappa shape index (κ2) is 7.94. The first-order valence-electron chi connectivity index (χ1n) is 6.69. The van der Waals surface area contributed by atoms with Gasteiger partial charge >= 0.3 is 0 Å². The predicted octanol–water partition coefficient (Wildman–Crippen LogP) is 0.246. The lowest BCUT2D eigenvalue weighted by Gasteiger charge is -2.12. The van der Waals surface area contributed by atoms with Crippen LogP contribution in [0.25, 0.3) is 0 Å². The van der Waals surface area contributed by atoms with Crippen molar-refractivity contribution in [3.8, 4) is 0 Å². The molecule has 0 bridgehead atoms. The molecule has 0 saturated carbocycles. The van der Waals surface area contributed by atoms with E-state index in [1.165, 1.54) is 6.92 Å². The van der Waals surface area contributed by atoms with Crippen molar-refractivity contribution >= 4 is 21.7 Å². The van der Waals surface area contributed by atoms with Crippen LogP contribution in [-0.4, -0.2) is 44.7 Å². The monoisotopic (exact) mass is 314 g/mol.